The molecule has 0 saturated carbocycles. The molecule has 0 bridgehead atoms. The van der Waals surface area contributed by atoms with E-state index in [1.54, 1.807) is 13.2 Å². The third-order valence-electron chi connectivity index (χ3n) is 4.21. The Morgan fingerprint density at radius 2 is 2.00 bits per heavy atom. The normalized spacial score (nSPS) is 14.0. The molecule has 0 unspecified atom stereocenters. The van der Waals surface area contributed by atoms with E-state index in [1.165, 1.54) is 0 Å². The molecular formula is C19H22ClN3O3. The van der Waals surface area contributed by atoms with E-state index in [0.717, 1.165) is 30.1 Å². The van der Waals surface area contributed by atoms with Crippen molar-refractivity contribution < 1.29 is 14.3 Å². The summed E-state index contributed by atoms with van der Waals surface area (Å²) in [5, 5.41) is 6.14. The summed E-state index contributed by atoms with van der Waals surface area (Å²) in [6.45, 7) is 3.40. The molecule has 0 spiro atoms. The maximum Gasteiger partial charge on any atom is 0.319 e. The Morgan fingerprint density at radius 1 is 1.23 bits per heavy atom. The summed E-state index contributed by atoms with van der Waals surface area (Å²) < 4.78 is 10.7. The highest BCUT2D eigenvalue weighted by Gasteiger charge is 2.14. The van der Waals surface area contributed by atoms with E-state index in [2.05, 4.69) is 15.5 Å². The SMILES string of the molecule is COc1ccccc1CNC(=O)Nc1cc(N2CCOCC2)ccc1Cl. The molecule has 2 aromatic rings. The summed E-state index contributed by atoms with van der Waals surface area (Å²) in [6.07, 6.45) is 0. The van der Waals surface area contributed by atoms with Crippen molar-refractivity contribution in [2.75, 3.05) is 43.6 Å². The van der Waals surface area contributed by atoms with E-state index >= 15 is 0 Å². The first-order valence-corrected chi connectivity index (χ1v) is 8.84. The van der Waals surface area contributed by atoms with Crippen LogP contribution in [0.1, 0.15) is 5.56 Å². The monoisotopic (exact) mass is 375 g/mol. The molecule has 1 fully saturated rings. The fourth-order valence-electron chi connectivity index (χ4n) is 2.82. The second-order valence-electron chi connectivity index (χ2n) is 5.88. The molecule has 1 aliphatic rings. The Kier molecular flexibility index (Phi) is 6.20. The van der Waals surface area contributed by atoms with Crippen molar-refractivity contribution in [1.82, 2.24) is 5.32 Å². The van der Waals surface area contributed by atoms with Crippen LogP contribution in [0.3, 0.4) is 0 Å². The van der Waals surface area contributed by atoms with Gasteiger partial charge in [0.15, 0.2) is 0 Å². The van der Waals surface area contributed by atoms with Gasteiger partial charge < -0.3 is 25.0 Å². The molecule has 0 atom stereocenters. The molecule has 0 radical (unpaired) electrons. The molecular weight excluding hydrogens is 354 g/mol. The number of urea groups is 1. The number of hydrogen-bond donors (Lipinski definition) is 2. The summed E-state index contributed by atoms with van der Waals surface area (Å²) in [5.74, 6) is 0.736. The number of nitrogens with one attached hydrogen (secondary N) is 2. The summed E-state index contributed by atoms with van der Waals surface area (Å²) in [6, 6.07) is 12.9. The number of carbonyl (C=O) groups excluding carboxylic acids is 1. The van der Waals surface area contributed by atoms with E-state index < -0.39 is 0 Å². The number of methoxy groups -OCH3 is 1. The Labute approximate surface area is 158 Å². The van der Waals surface area contributed by atoms with Crippen molar-refractivity contribution in [2.24, 2.45) is 0 Å². The van der Waals surface area contributed by atoms with Crippen LogP contribution in [0.4, 0.5) is 16.2 Å². The lowest BCUT2D eigenvalue weighted by Crippen LogP contribution is -2.36. The van der Waals surface area contributed by atoms with Gasteiger partial charge in [-0.1, -0.05) is 29.8 Å². The van der Waals surface area contributed by atoms with E-state index in [9.17, 15) is 4.79 Å². The first kappa shape index (κ1) is 18.4. The number of morpholine rings is 1. The van der Waals surface area contributed by atoms with Crippen LogP contribution >= 0.6 is 11.6 Å². The van der Waals surface area contributed by atoms with Crippen LogP contribution in [0.2, 0.25) is 5.02 Å². The van der Waals surface area contributed by atoms with Crippen LogP contribution in [-0.2, 0) is 11.3 Å². The van der Waals surface area contributed by atoms with Gasteiger partial charge in [0.25, 0.3) is 0 Å². The van der Waals surface area contributed by atoms with E-state index in [0.29, 0.717) is 30.5 Å². The quantitative estimate of drug-likeness (QED) is 0.839. The van der Waals surface area contributed by atoms with Crippen molar-refractivity contribution >= 4 is 29.0 Å². The van der Waals surface area contributed by atoms with Crippen molar-refractivity contribution in [3.63, 3.8) is 0 Å². The zero-order valence-corrected chi connectivity index (χ0v) is 15.4. The minimum atomic E-state index is -0.322. The highest BCUT2D eigenvalue weighted by molar-refractivity contribution is 6.33. The zero-order valence-electron chi connectivity index (χ0n) is 14.6. The Bertz CT molecular complexity index is 763. The number of para-hydroxylation sites is 1. The van der Waals surface area contributed by atoms with Crippen LogP contribution in [-0.4, -0.2) is 39.4 Å². The molecule has 0 aromatic heterocycles. The van der Waals surface area contributed by atoms with Crippen molar-refractivity contribution in [2.45, 2.75) is 6.54 Å². The number of halogens is 1. The molecule has 2 N–H and O–H groups in total. The number of hydrogen-bond acceptors (Lipinski definition) is 4. The summed E-state index contributed by atoms with van der Waals surface area (Å²) in [5.41, 5.74) is 2.49. The van der Waals surface area contributed by atoms with Gasteiger partial charge in [0, 0.05) is 30.9 Å². The fourth-order valence-corrected chi connectivity index (χ4v) is 2.98. The Morgan fingerprint density at radius 3 is 2.77 bits per heavy atom. The van der Waals surface area contributed by atoms with Crippen LogP contribution in [0.5, 0.6) is 5.75 Å². The van der Waals surface area contributed by atoms with Gasteiger partial charge in [-0.05, 0) is 24.3 Å². The molecule has 2 amide bonds. The number of carbonyl (C=O) groups is 1. The number of amides is 2. The molecule has 26 heavy (non-hydrogen) atoms. The third kappa shape index (κ3) is 4.59. The first-order chi connectivity index (χ1) is 12.7. The van der Waals surface area contributed by atoms with Crippen molar-refractivity contribution in [1.29, 1.82) is 0 Å². The number of rotatable bonds is 5. The van der Waals surface area contributed by atoms with Crippen molar-refractivity contribution in [3.05, 3.63) is 53.1 Å². The summed E-state index contributed by atoms with van der Waals surface area (Å²) >= 11 is 6.24. The number of anilines is 2. The van der Waals surface area contributed by atoms with Crippen LogP contribution in [0, 0.1) is 0 Å². The highest BCUT2D eigenvalue weighted by Crippen LogP contribution is 2.28. The molecule has 7 heteroatoms. The number of nitrogens with zero attached hydrogens (tertiary/aromatic N) is 1. The van der Waals surface area contributed by atoms with Gasteiger partial charge in [-0.3, -0.25) is 0 Å². The van der Waals surface area contributed by atoms with Gasteiger partial charge in [-0.25, -0.2) is 4.79 Å². The average molecular weight is 376 g/mol. The van der Waals surface area contributed by atoms with Crippen LogP contribution in [0.25, 0.3) is 0 Å². The van der Waals surface area contributed by atoms with Gasteiger partial charge in [0.2, 0.25) is 0 Å². The Balaban J connectivity index is 1.63. The largest absolute Gasteiger partial charge is 0.496 e. The van der Waals surface area contributed by atoms with Crippen LogP contribution in [0.15, 0.2) is 42.5 Å². The molecule has 1 aliphatic heterocycles. The maximum absolute atomic E-state index is 12.3. The minimum Gasteiger partial charge on any atom is -0.496 e. The van der Waals surface area contributed by atoms with Crippen molar-refractivity contribution in [3.8, 4) is 5.75 Å². The van der Waals surface area contributed by atoms with Gasteiger partial charge in [-0.2, -0.15) is 0 Å². The first-order valence-electron chi connectivity index (χ1n) is 8.46. The Hall–Kier alpha value is -2.44. The molecule has 0 aliphatic carbocycles. The van der Waals surface area contributed by atoms with Gasteiger partial charge in [-0.15, -0.1) is 0 Å². The topological polar surface area (TPSA) is 62.8 Å². The van der Waals surface area contributed by atoms with Crippen LogP contribution < -0.4 is 20.3 Å². The third-order valence-corrected chi connectivity index (χ3v) is 4.54. The molecule has 3 rings (SSSR count). The minimum absolute atomic E-state index is 0.322. The maximum atomic E-state index is 12.3. The zero-order chi connectivity index (χ0) is 18.4. The molecule has 6 nitrogen and oxygen atoms in total. The molecule has 1 heterocycles. The van der Waals surface area contributed by atoms with Gasteiger partial charge >= 0.3 is 6.03 Å². The standard InChI is InChI=1S/C19H22ClN3O3/c1-25-18-5-3-2-4-14(18)13-21-19(24)22-17-12-15(6-7-16(17)20)23-8-10-26-11-9-23/h2-7,12H,8-11,13H2,1H3,(H2,21,22,24). The molecule has 2 aromatic carbocycles. The van der Waals surface area contributed by atoms with Gasteiger partial charge in [0.05, 0.1) is 31.0 Å². The smallest absolute Gasteiger partial charge is 0.319 e. The van der Waals surface area contributed by atoms with E-state index in [1.807, 2.05) is 36.4 Å². The lowest BCUT2D eigenvalue weighted by molar-refractivity contribution is 0.122. The highest BCUT2D eigenvalue weighted by atomic mass is 35.5. The van der Waals surface area contributed by atoms with E-state index in [4.69, 9.17) is 21.1 Å². The number of benzene rings is 2. The number of ether oxygens (including phenoxy) is 2. The second kappa shape index (κ2) is 8.78. The predicted molar refractivity (Wildman–Crippen MR) is 103 cm³/mol. The van der Waals surface area contributed by atoms with E-state index in [-0.39, 0.29) is 6.03 Å². The average Bonchev–Trinajstić information content (AvgIpc) is 2.69. The molecule has 1 saturated heterocycles. The lowest BCUT2D eigenvalue weighted by Gasteiger charge is -2.29. The fraction of sp³-hybridized carbons (Fsp3) is 0.316. The summed E-state index contributed by atoms with van der Waals surface area (Å²) in [7, 11) is 1.61. The van der Waals surface area contributed by atoms with Gasteiger partial charge in [0.1, 0.15) is 5.75 Å². The summed E-state index contributed by atoms with van der Waals surface area (Å²) in [4.78, 5) is 14.5. The molecule has 138 valence electrons. The second-order valence-corrected chi connectivity index (χ2v) is 6.29. The lowest BCUT2D eigenvalue weighted by atomic mass is 10.2. The predicted octanol–water partition coefficient (Wildman–Crippen LogP) is 3.51.